The molecule has 1 unspecified atom stereocenters. The summed E-state index contributed by atoms with van der Waals surface area (Å²) in [6.45, 7) is 2.21. The molecular weight excluding hydrogens is 298 g/mol. The molecule has 1 aliphatic rings. The highest BCUT2D eigenvalue weighted by Gasteiger charge is 2.27. The van der Waals surface area contributed by atoms with Gasteiger partial charge < -0.3 is 5.32 Å². The maximum atomic E-state index is 11.7. The Morgan fingerprint density at radius 1 is 1.25 bits per heavy atom. The molecule has 0 amide bonds. The Labute approximate surface area is 120 Å². The molecule has 0 aromatic heterocycles. The second-order valence-electron chi connectivity index (χ2n) is 5.08. The van der Waals surface area contributed by atoms with Crippen molar-refractivity contribution in [2.45, 2.75) is 18.2 Å². The van der Waals surface area contributed by atoms with E-state index in [1.165, 1.54) is 0 Å². The fraction of sp³-hybridized carbons (Fsp3) is 0.538. The van der Waals surface area contributed by atoms with Crippen LogP contribution in [0.4, 0.5) is 5.69 Å². The van der Waals surface area contributed by atoms with Gasteiger partial charge in [-0.25, -0.2) is 16.8 Å². The van der Waals surface area contributed by atoms with E-state index in [0.29, 0.717) is 17.9 Å². The van der Waals surface area contributed by atoms with Gasteiger partial charge in [0.25, 0.3) is 0 Å². The molecule has 1 atom stereocenters. The van der Waals surface area contributed by atoms with Crippen LogP contribution in [0.15, 0.2) is 29.2 Å². The molecule has 0 saturated carbocycles. The van der Waals surface area contributed by atoms with Crippen molar-refractivity contribution in [1.82, 2.24) is 0 Å². The largest absolute Gasteiger partial charge is 0.385 e. The first-order valence-corrected chi connectivity index (χ1v) is 10.1. The van der Waals surface area contributed by atoms with Gasteiger partial charge in [-0.15, -0.1) is 0 Å². The monoisotopic (exact) mass is 317 g/mol. The molecule has 5 nitrogen and oxygen atoms in total. The van der Waals surface area contributed by atoms with E-state index in [9.17, 15) is 16.8 Å². The Morgan fingerprint density at radius 3 is 2.40 bits per heavy atom. The quantitative estimate of drug-likeness (QED) is 0.886. The fourth-order valence-corrected chi connectivity index (χ4v) is 4.99. The highest BCUT2D eigenvalue weighted by Crippen LogP contribution is 2.20. The third-order valence-corrected chi connectivity index (χ3v) is 7.10. The molecule has 1 fully saturated rings. The van der Waals surface area contributed by atoms with Crippen LogP contribution in [0.25, 0.3) is 0 Å². The molecule has 2 rings (SSSR count). The van der Waals surface area contributed by atoms with E-state index in [1.807, 2.05) is 0 Å². The van der Waals surface area contributed by atoms with Crippen LogP contribution in [0.2, 0.25) is 0 Å². The van der Waals surface area contributed by atoms with Crippen molar-refractivity contribution in [1.29, 1.82) is 0 Å². The van der Waals surface area contributed by atoms with Crippen LogP contribution in [0, 0.1) is 5.92 Å². The highest BCUT2D eigenvalue weighted by molar-refractivity contribution is 7.91. The first-order chi connectivity index (χ1) is 9.32. The summed E-state index contributed by atoms with van der Waals surface area (Å²) in [4.78, 5) is 0.314. The standard InChI is InChI=1S/C13H19NO4S2/c1-2-20(17,18)13-5-3-12(4-6-13)14-9-11-7-8-19(15,16)10-11/h3-6,11,14H,2,7-10H2,1H3. The minimum atomic E-state index is -3.17. The Bertz CT molecular complexity index is 663. The van der Waals surface area contributed by atoms with E-state index in [0.717, 1.165) is 5.69 Å². The lowest BCUT2D eigenvalue weighted by atomic mass is 10.1. The van der Waals surface area contributed by atoms with Gasteiger partial charge in [0.05, 0.1) is 22.2 Å². The molecule has 0 spiro atoms. The van der Waals surface area contributed by atoms with Crippen LogP contribution in [-0.4, -0.2) is 40.6 Å². The van der Waals surface area contributed by atoms with Crippen molar-refractivity contribution in [2.24, 2.45) is 5.92 Å². The van der Waals surface area contributed by atoms with Crippen LogP contribution in [0.1, 0.15) is 13.3 Å². The van der Waals surface area contributed by atoms with Crippen molar-refractivity contribution >= 4 is 25.4 Å². The van der Waals surface area contributed by atoms with Crippen molar-refractivity contribution in [3.63, 3.8) is 0 Å². The first kappa shape index (κ1) is 15.3. The molecular formula is C13H19NO4S2. The van der Waals surface area contributed by atoms with E-state index in [2.05, 4.69) is 5.32 Å². The normalized spacial score (nSPS) is 21.8. The molecule has 0 aliphatic carbocycles. The lowest BCUT2D eigenvalue weighted by Crippen LogP contribution is -2.15. The average Bonchev–Trinajstić information content (AvgIpc) is 2.76. The summed E-state index contributed by atoms with van der Waals surface area (Å²) in [6.07, 6.45) is 0.692. The number of hydrogen-bond donors (Lipinski definition) is 1. The van der Waals surface area contributed by atoms with Gasteiger partial charge in [0.15, 0.2) is 19.7 Å². The topological polar surface area (TPSA) is 80.3 Å². The zero-order chi connectivity index (χ0) is 14.8. The predicted molar refractivity (Wildman–Crippen MR) is 79.4 cm³/mol. The van der Waals surface area contributed by atoms with Crippen molar-refractivity contribution in [2.75, 3.05) is 29.1 Å². The summed E-state index contributed by atoms with van der Waals surface area (Å²) in [7, 11) is -6.02. The van der Waals surface area contributed by atoms with E-state index >= 15 is 0 Å². The van der Waals surface area contributed by atoms with E-state index in [-0.39, 0.29) is 23.2 Å². The minimum absolute atomic E-state index is 0.0830. The number of nitrogens with one attached hydrogen (secondary N) is 1. The SMILES string of the molecule is CCS(=O)(=O)c1ccc(NCC2CCS(=O)(=O)C2)cc1. The van der Waals surface area contributed by atoms with Crippen LogP contribution in [0.5, 0.6) is 0 Å². The molecule has 1 aromatic rings. The van der Waals surface area contributed by atoms with Crippen LogP contribution >= 0.6 is 0 Å². The molecule has 7 heteroatoms. The van der Waals surface area contributed by atoms with Crippen LogP contribution < -0.4 is 5.32 Å². The van der Waals surface area contributed by atoms with E-state index in [4.69, 9.17) is 0 Å². The van der Waals surface area contributed by atoms with Crippen molar-refractivity contribution in [3.05, 3.63) is 24.3 Å². The summed E-state index contributed by atoms with van der Waals surface area (Å²) in [6, 6.07) is 6.58. The minimum Gasteiger partial charge on any atom is -0.385 e. The first-order valence-electron chi connectivity index (χ1n) is 6.59. The summed E-state index contributed by atoms with van der Waals surface area (Å²) in [5.41, 5.74) is 0.810. The molecule has 112 valence electrons. The molecule has 0 radical (unpaired) electrons. The molecule has 1 aromatic carbocycles. The van der Waals surface area contributed by atoms with Crippen molar-refractivity contribution in [3.8, 4) is 0 Å². The van der Waals surface area contributed by atoms with Crippen LogP contribution in [-0.2, 0) is 19.7 Å². The molecule has 1 N–H and O–H groups in total. The zero-order valence-electron chi connectivity index (χ0n) is 11.4. The molecule has 1 heterocycles. The molecule has 20 heavy (non-hydrogen) atoms. The Kier molecular flexibility index (Phi) is 4.39. The van der Waals surface area contributed by atoms with Gasteiger partial charge >= 0.3 is 0 Å². The fourth-order valence-electron chi connectivity index (χ4n) is 2.24. The van der Waals surface area contributed by atoms with Gasteiger partial charge in [0.1, 0.15) is 0 Å². The van der Waals surface area contributed by atoms with E-state index in [1.54, 1.807) is 31.2 Å². The Balaban J connectivity index is 1.95. The van der Waals surface area contributed by atoms with Crippen LogP contribution in [0.3, 0.4) is 0 Å². The van der Waals surface area contributed by atoms with Gasteiger partial charge in [-0.1, -0.05) is 6.92 Å². The Morgan fingerprint density at radius 2 is 1.90 bits per heavy atom. The lowest BCUT2D eigenvalue weighted by Gasteiger charge is -2.11. The second kappa shape index (κ2) is 5.73. The lowest BCUT2D eigenvalue weighted by molar-refractivity contribution is 0.594. The average molecular weight is 317 g/mol. The number of sulfone groups is 2. The molecule has 1 saturated heterocycles. The Hall–Kier alpha value is -1.08. The van der Waals surface area contributed by atoms with Gasteiger partial charge in [0.2, 0.25) is 0 Å². The number of anilines is 1. The highest BCUT2D eigenvalue weighted by atomic mass is 32.2. The second-order valence-corrected chi connectivity index (χ2v) is 9.58. The van der Waals surface area contributed by atoms with Gasteiger partial charge in [0, 0.05) is 12.2 Å². The third kappa shape index (κ3) is 3.73. The smallest absolute Gasteiger partial charge is 0.178 e. The zero-order valence-corrected chi connectivity index (χ0v) is 13.0. The number of benzene rings is 1. The molecule has 1 aliphatic heterocycles. The third-order valence-electron chi connectivity index (χ3n) is 3.52. The van der Waals surface area contributed by atoms with Gasteiger partial charge in [-0.3, -0.25) is 0 Å². The maximum Gasteiger partial charge on any atom is 0.178 e. The number of hydrogen-bond acceptors (Lipinski definition) is 5. The summed E-state index contributed by atoms with van der Waals surface area (Å²) in [5.74, 6) is 0.730. The van der Waals surface area contributed by atoms with Gasteiger partial charge in [-0.05, 0) is 36.6 Å². The van der Waals surface area contributed by atoms with Crippen molar-refractivity contribution < 1.29 is 16.8 Å². The summed E-state index contributed by atoms with van der Waals surface area (Å²) < 4.78 is 46.0. The summed E-state index contributed by atoms with van der Waals surface area (Å²) in [5, 5.41) is 3.16. The summed E-state index contributed by atoms with van der Waals surface area (Å²) >= 11 is 0. The molecule has 0 bridgehead atoms. The van der Waals surface area contributed by atoms with E-state index < -0.39 is 19.7 Å². The maximum absolute atomic E-state index is 11.7. The predicted octanol–water partition coefficient (Wildman–Crippen LogP) is 1.33. The van der Waals surface area contributed by atoms with Gasteiger partial charge in [-0.2, -0.15) is 0 Å². The number of rotatable bonds is 5.